The molecule has 0 spiro atoms. The Bertz CT molecular complexity index is 1520. The van der Waals surface area contributed by atoms with Crippen molar-refractivity contribution in [3.05, 3.63) is 35.9 Å². The fraction of sp³-hybridized carbons (Fsp3) is 0.481. The third kappa shape index (κ3) is 3.95. The molecule has 0 radical (unpaired) electrons. The average Bonchev–Trinajstić information content (AvgIpc) is 3.80. The topological polar surface area (TPSA) is 95.0 Å². The number of aryl methyl sites for hydroxylation is 3. The van der Waals surface area contributed by atoms with Crippen molar-refractivity contribution in [2.75, 3.05) is 12.4 Å². The van der Waals surface area contributed by atoms with Crippen LogP contribution in [-0.4, -0.2) is 58.9 Å². The highest BCUT2D eigenvalue weighted by Gasteiger charge is 2.43. The van der Waals surface area contributed by atoms with Gasteiger partial charge in [0.25, 0.3) is 5.91 Å². The summed E-state index contributed by atoms with van der Waals surface area (Å²) in [5, 5.41) is 8.98. The van der Waals surface area contributed by atoms with E-state index in [9.17, 15) is 4.79 Å². The molecule has 1 amide bonds. The lowest BCUT2D eigenvalue weighted by Gasteiger charge is -2.22. The number of amides is 1. The molecule has 4 aromatic rings. The molecule has 0 bridgehead atoms. The summed E-state index contributed by atoms with van der Waals surface area (Å²) in [6.45, 7) is 4.78. The molecule has 0 saturated heterocycles. The molecule has 2 aliphatic carbocycles. The normalized spacial score (nSPS) is 16.1. The Balaban J connectivity index is 1.46. The summed E-state index contributed by atoms with van der Waals surface area (Å²) in [5.74, 6) is 2.16. The van der Waals surface area contributed by atoms with E-state index in [2.05, 4.69) is 34.1 Å². The number of aromatic nitrogens is 6. The van der Waals surface area contributed by atoms with E-state index in [1.807, 2.05) is 41.4 Å². The largest absolute Gasteiger partial charge is 0.495 e. The number of carbonyl (C=O) groups is 1. The maximum atomic E-state index is 13.8. The van der Waals surface area contributed by atoms with Crippen LogP contribution in [0.1, 0.15) is 62.1 Å². The van der Waals surface area contributed by atoms with Crippen molar-refractivity contribution in [2.24, 2.45) is 14.1 Å². The molecule has 2 aliphatic rings. The Morgan fingerprint density at radius 2 is 1.89 bits per heavy atom. The molecule has 6 rings (SSSR count). The van der Waals surface area contributed by atoms with Crippen LogP contribution in [0, 0.1) is 0 Å². The lowest BCUT2D eigenvalue weighted by atomic mass is 10.2. The highest BCUT2D eigenvalue weighted by atomic mass is 16.5. The highest BCUT2D eigenvalue weighted by molar-refractivity contribution is 6.10. The Kier molecular flexibility index (Phi) is 5.69. The first-order chi connectivity index (χ1) is 17.9. The zero-order valence-electron chi connectivity index (χ0n) is 22.2. The van der Waals surface area contributed by atoms with Crippen LogP contribution in [0.2, 0.25) is 0 Å². The van der Waals surface area contributed by atoms with Crippen LogP contribution < -0.4 is 5.32 Å². The second-order valence-corrected chi connectivity index (χ2v) is 10.0. The Labute approximate surface area is 215 Å². The van der Waals surface area contributed by atoms with Gasteiger partial charge in [0.1, 0.15) is 28.3 Å². The SMILES string of the molecule is CC/C=C(\OC)c1cc(Nc2nc3c(cc(C(=O)N(C4CC4)C4CC4)n3CC)c3c2ncn3C)nn1C. The standard InChI is InChI=1S/C27H34N8O2/c1-6-8-21(37-5)19-14-22(31-33(19)4)29-25-23-24(32(3)15-28-23)18-13-20(34(7-2)26(18)30-25)27(36)35(16-9-10-16)17-11-12-17/h8,13-17H,6-7,9-12H2,1-5H3,(H,29,30,31)/b21-8-. The average molecular weight is 503 g/mol. The Morgan fingerprint density at radius 3 is 2.51 bits per heavy atom. The molecule has 0 atom stereocenters. The molecular formula is C27H34N8O2. The Hall–Kier alpha value is -3.82. The smallest absolute Gasteiger partial charge is 0.271 e. The molecule has 0 unspecified atom stereocenters. The minimum atomic E-state index is 0.124. The monoisotopic (exact) mass is 502 g/mol. The molecule has 10 heteroatoms. The van der Waals surface area contributed by atoms with Gasteiger partial charge in [0.05, 0.1) is 19.0 Å². The minimum Gasteiger partial charge on any atom is -0.495 e. The third-order valence-corrected chi connectivity index (χ3v) is 7.34. The molecule has 2 fully saturated rings. The number of fused-ring (bicyclic) bond motifs is 3. The van der Waals surface area contributed by atoms with Gasteiger partial charge in [-0.05, 0) is 51.2 Å². The molecule has 2 saturated carbocycles. The van der Waals surface area contributed by atoms with Crippen molar-refractivity contribution in [1.29, 1.82) is 0 Å². The van der Waals surface area contributed by atoms with Gasteiger partial charge < -0.3 is 24.1 Å². The number of ether oxygens (including phenoxy) is 1. The highest BCUT2D eigenvalue weighted by Crippen LogP contribution is 2.39. The molecule has 10 nitrogen and oxygen atoms in total. The maximum absolute atomic E-state index is 13.8. The van der Waals surface area contributed by atoms with Gasteiger partial charge in [0.15, 0.2) is 11.6 Å². The van der Waals surface area contributed by atoms with Gasteiger partial charge in [-0.25, -0.2) is 9.97 Å². The van der Waals surface area contributed by atoms with Gasteiger partial charge in [0.2, 0.25) is 0 Å². The second kappa shape index (κ2) is 8.93. The number of rotatable bonds is 9. The number of hydrogen-bond acceptors (Lipinski definition) is 6. The van der Waals surface area contributed by atoms with Crippen molar-refractivity contribution in [2.45, 2.75) is 64.6 Å². The van der Waals surface area contributed by atoms with Crippen molar-refractivity contribution in [3.8, 4) is 0 Å². The molecule has 0 aromatic carbocycles. The molecule has 194 valence electrons. The van der Waals surface area contributed by atoms with E-state index in [0.29, 0.717) is 36.0 Å². The number of anilines is 2. The van der Waals surface area contributed by atoms with E-state index in [1.165, 1.54) is 0 Å². The van der Waals surface area contributed by atoms with Crippen LogP contribution in [0.5, 0.6) is 0 Å². The summed E-state index contributed by atoms with van der Waals surface area (Å²) in [7, 11) is 5.53. The first-order valence-corrected chi connectivity index (χ1v) is 13.2. The zero-order valence-corrected chi connectivity index (χ0v) is 22.2. The number of allylic oxidation sites excluding steroid dienone is 1. The number of hydrogen-bond donors (Lipinski definition) is 1. The Morgan fingerprint density at radius 1 is 1.16 bits per heavy atom. The number of nitrogens with zero attached hydrogens (tertiary/aromatic N) is 7. The van der Waals surface area contributed by atoms with Crippen LogP contribution in [0.3, 0.4) is 0 Å². The van der Waals surface area contributed by atoms with Gasteiger partial charge in [-0.1, -0.05) is 6.92 Å². The van der Waals surface area contributed by atoms with E-state index in [0.717, 1.165) is 65.6 Å². The molecule has 4 aromatic heterocycles. The van der Waals surface area contributed by atoms with Crippen LogP contribution in [-0.2, 0) is 25.4 Å². The first-order valence-electron chi connectivity index (χ1n) is 13.2. The number of pyridine rings is 1. The predicted molar refractivity (Wildman–Crippen MR) is 144 cm³/mol. The summed E-state index contributed by atoms with van der Waals surface area (Å²) in [6.07, 6.45) is 9.11. The number of imidazole rings is 1. The predicted octanol–water partition coefficient (Wildman–Crippen LogP) is 4.58. The third-order valence-electron chi connectivity index (χ3n) is 7.34. The second-order valence-electron chi connectivity index (χ2n) is 10.0. The maximum Gasteiger partial charge on any atom is 0.271 e. The molecule has 1 N–H and O–H groups in total. The molecule has 37 heavy (non-hydrogen) atoms. The van der Waals surface area contributed by atoms with E-state index in [1.54, 1.807) is 18.1 Å². The van der Waals surface area contributed by atoms with Crippen molar-refractivity contribution < 1.29 is 9.53 Å². The van der Waals surface area contributed by atoms with Gasteiger partial charge in [-0.3, -0.25) is 9.48 Å². The number of methoxy groups -OCH3 is 1. The fourth-order valence-corrected chi connectivity index (χ4v) is 5.32. The zero-order chi connectivity index (χ0) is 25.8. The molecule has 0 aliphatic heterocycles. The molecule has 4 heterocycles. The van der Waals surface area contributed by atoms with Crippen LogP contribution in [0.4, 0.5) is 11.6 Å². The summed E-state index contributed by atoms with van der Waals surface area (Å²) in [5.41, 5.74) is 4.04. The lowest BCUT2D eigenvalue weighted by Crippen LogP contribution is -2.36. The van der Waals surface area contributed by atoms with E-state index in [-0.39, 0.29) is 5.91 Å². The van der Waals surface area contributed by atoms with Crippen LogP contribution in [0.15, 0.2) is 24.5 Å². The number of nitrogens with one attached hydrogen (secondary N) is 1. The van der Waals surface area contributed by atoms with Gasteiger partial charge in [-0.15, -0.1) is 0 Å². The van der Waals surface area contributed by atoms with Gasteiger partial charge in [0, 0.05) is 44.2 Å². The van der Waals surface area contributed by atoms with Gasteiger partial charge >= 0.3 is 0 Å². The summed E-state index contributed by atoms with van der Waals surface area (Å²) in [6, 6.07) is 4.74. The van der Waals surface area contributed by atoms with Gasteiger partial charge in [-0.2, -0.15) is 5.10 Å². The van der Waals surface area contributed by atoms with Crippen molar-refractivity contribution in [3.63, 3.8) is 0 Å². The summed E-state index contributed by atoms with van der Waals surface area (Å²) in [4.78, 5) is 25.6. The van der Waals surface area contributed by atoms with Crippen LogP contribution in [0.25, 0.3) is 27.8 Å². The van der Waals surface area contributed by atoms with Crippen LogP contribution >= 0.6 is 0 Å². The first kappa shape index (κ1) is 23.6. The number of carbonyl (C=O) groups excluding carboxylic acids is 1. The van der Waals surface area contributed by atoms with E-state index < -0.39 is 0 Å². The van der Waals surface area contributed by atoms with E-state index in [4.69, 9.17) is 9.72 Å². The van der Waals surface area contributed by atoms with Crippen molar-refractivity contribution >= 4 is 45.4 Å². The summed E-state index contributed by atoms with van der Waals surface area (Å²) >= 11 is 0. The van der Waals surface area contributed by atoms with Crippen molar-refractivity contribution in [1.82, 2.24) is 33.8 Å². The quantitative estimate of drug-likeness (QED) is 0.337. The fourth-order valence-electron chi connectivity index (χ4n) is 5.32. The minimum absolute atomic E-state index is 0.124. The molecular weight excluding hydrogens is 468 g/mol. The lowest BCUT2D eigenvalue weighted by molar-refractivity contribution is 0.0719. The summed E-state index contributed by atoms with van der Waals surface area (Å²) < 4.78 is 11.4. The van der Waals surface area contributed by atoms with E-state index >= 15 is 0 Å².